The van der Waals surface area contributed by atoms with E-state index in [1.165, 1.54) is 12.8 Å². The van der Waals surface area contributed by atoms with Gasteiger partial charge < -0.3 is 9.47 Å². The molecule has 0 radical (unpaired) electrons. The van der Waals surface area contributed by atoms with Crippen molar-refractivity contribution in [3.63, 3.8) is 0 Å². The second-order valence-electron chi connectivity index (χ2n) is 5.55. The Labute approximate surface area is 127 Å². The Morgan fingerprint density at radius 1 is 1.10 bits per heavy atom. The molecule has 112 valence electrons. The smallest absolute Gasteiger partial charge is 0.161 e. The molecule has 2 rings (SSSR count). The van der Waals surface area contributed by atoms with Crippen LogP contribution in [-0.2, 0) is 0 Å². The molecule has 1 atom stereocenters. The van der Waals surface area contributed by atoms with Crippen LogP contribution < -0.4 is 9.47 Å². The summed E-state index contributed by atoms with van der Waals surface area (Å²) in [5.74, 6) is 2.49. The molecule has 0 heterocycles. The fourth-order valence-corrected chi connectivity index (χ4v) is 2.55. The van der Waals surface area contributed by atoms with Crippen LogP contribution in [0.25, 0.3) is 0 Å². The molecule has 0 saturated heterocycles. The lowest BCUT2D eigenvalue weighted by atomic mass is 10.1. The lowest BCUT2D eigenvalue weighted by molar-refractivity contribution is 0.268. The van der Waals surface area contributed by atoms with E-state index in [1.807, 2.05) is 6.07 Å². The van der Waals surface area contributed by atoms with Crippen LogP contribution >= 0.6 is 11.6 Å². The van der Waals surface area contributed by atoms with E-state index in [0.717, 1.165) is 42.2 Å². The lowest BCUT2D eigenvalue weighted by Gasteiger charge is -2.15. The average molecular weight is 297 g/mol. The van der Waals surface area contributed by atoms with Crippen molar-refractivity contribution < 1.29 is 9.47 Å². The first-order chi connectivity index (χ1) is 9.74. The Morgan fingerprint density at radius 2 is 1.75 bits per heavy atom. The SMILES string of the molecule is CCCOc1ccc(C(Cl)CC2CC2)cc1OCCC. The molecule has 1 aliphatic carbocycles. The van der Waals surface area contributed by atoms with Crippen molar-refractivity contribution >= 4 is 11.6 Å². The van der Waals surface area contributed by atoms with Gasteiger partial charge in [0, 0.05) is 0 Å². The number of rotatable bonds is 9. The summed E-state index contributed by atoms with van der Waals surface area (Å²) in [7, 11) is 0. The summed E-state index contributed by atoms with van der Waals surface area (Å²) in [6, 6.07) is 6.13. The third-order valence-electron chi connectivity index (χ3n) is 3.49. The Balaban J connectivity index is 2.08. The van der Waals surface area contributed by atoms with Crippen molar-refractivity contribution in [2.45, 2.75) is 51.3 Å². The highest BCUT2D eigenvalue weighted by atomic mass is 35.5. The maximum absolute atomic E-state index is 6.51. The van der Waals surface area contributed by atoms with E-state index < -0.39 is 0 Å². The summed E-state index contributed by atoms with van der Waals surface area (Å²) >= 11 is 6.51. The molecule has 0 aromatic heterocycles. The van der Waals surface area contributed by atoms with Crippen LogP contribution in [0.1, 0.15) is 56.9 Å². The van der Waals surface area contributed by atoms with Crippen LogP contribution in [0.15, 0.2) is 18.2 Å². The minimum absolute atomic E-state index is 0.0895. The van der Waals surface area contributed by atoms with Crippen molar-refractivity contribution in [3.8, 4) is 11.5 Å². The second-order valence-corrected chi connectivity index (χ2v) is 6.08. The largest absolute Gasteiger partial charge is 0.490 e. The number of alkyl halides is 1. The van der Waals surface area contributed by atoms with Gasteiger partial charge in [-0.1, -0.05) is 32.8 Å². The molecule has 0 N–H and O–H groups in total. The molecule has 1 aromatic rings. The molecule has 1 saturated carbocycles. The molecule has 20 heavy (non-hydrogen) atoms. The Kier molecular flexibility index (Phi) is 6.03. The van der Waals surface area contributed by atoms with Crippen LogP contribution in [0.3, 0.4) is 0 Å². The van der Waals surface area contributed by atoms with Gasteiger partial charge in [-0.05, 0) is 42.9 Å². The van der Waals surface area contributed by atoms with Crippen LogP contribution in [0.4, 0.5) is 0 Å². The molecule has 0 aliphatic heterocycles. The van der Waals surface area contributed by atoms with Gasteiger partial charge in [0.25, 0.3) is 0 Å². The molecular weight excluding hydrogens is 272 g/mol. The quantitative estimate of drug-likeness (QED) is 0.572. The third-order valence-corrected chi connectivity index (χ3v) is 3.92. The fraction of sp³-hybridized carbons (Fsp3) is 0.647. The molecular formula is C17H25ClO2. The first-order valence-corrected chi connectivity index (χ1v) is 8.21. The Hall–Kier alpha value is -0.890. The molecule has 1 aromatic carbocycles. The van der Waals surface area contributed by atoms with Crippen molar-refractivity contribution in [2.24, 2.45) is 5.92 Å². The van der Waals surface area contributed by atoms with Crippen LogP contribution in [0.5, 0.6) is 11.5 Å². The van der Waals surface area contributed by atoms with Gasteiger partial charge in [0.2, 0.25) is 0 Å². The van der Waals surface area contributed by atoms with Gasteiger partial charge in [0.15, 0.2) is 11.5 Å². The monoisotopic (exact) mass is 296 g/mol. The van der Waals surface area contributed by atoms with E-state index in [4.69, 9.17) is 21.1 Å². The summed E-state index contributed by atoms with van der Waals surface area (Å²) in [6.45, 7) is 5.63. The van der Waals surface area contributed by atoms with Gasteiger partial charge in [-0.25, -0.2) is 0 Å². The molecule has 1 fully saturated rings. The van der Waals surface area contributed by atoms with Crippen molar-refractivity contribution in [1.29, 1.82) is 0 Å². The maximum Gasteiger partial charge on any atom is 0.161 e. The average Bonchev–Trinajstić information content (AvgIpc) is 3.27. The van der Waals surface area contributed by atoms with E-state index in [9.17, 15) is 0 Å². The van der Waals surface area contributed by atoms with Crippen molar-refractivity contribution in [3.05, 3.63) is 23.8 Å². The zero-order valence-electron chi connectivity index (χ0n) is 12.5. The minimum atomic E-state index is 0.0895. The summed E-state index contributed by atoms with van der Waals surface area (Å²) in [4.78, 5) is 0. The van der Waals surface area contributed by atoms with Gasteiger partial charge in [-0.2, -0.15) is 0 Å². The summed E-state index contributed by atoms with van der Waals surface area (Å²) in [5, 5.41) is 0.0895. The zero-order chi connectivity index (χ0) is 14.4. The molecule has 0 bridgehead atoms. The van der Waals surface area contributed by atoms with Crippen molar-refractivity contribution in [2.75, 3.05) is 13.2 Å². The van der Waals surface area contributed by atoms with Crippen LogP contribution in [0, 0.1) is 5.92 Å². The Bertz CT molecular complexity index is 415. The lowest BCUT2D eigenvalue weighted by Crippen LogP contribution is -2.02. The van der Waals surface area contributed by atoms with Crippen molar-refractivity contribution in [1.82, 2.24) is 0 Å². The molecule has 2 nitrogen and oxygen atoms in total. The highest BCUT2D eigenvalue weighted by Crippen LogP contribution is 2.42. The Morgan fingerprint density at radius 3 is 2.35 bits per heavy atom. The van der Waals surface area contributed by atoms with Gasteiger partial charge in [0.05, 0.1) is 18.6 Å². The normalized spacial score (nSPS) is 15.9. The van der Waals surface area contributed by atoms with E-state index in [1.54, 1.807) is 0 Å². The van der Waals surface area contributed by atoms with E-state index in [0.29, 0.717) is 13.2 Å². The molecule has 3 heteroatoms. The second kappa shape index (κ2) is 7.78. The van der Waals surface area contributed by atoms with Gasteiger partial charge in [0.1, 0.15) is 0 Å². The van der Waals surface area contributed by atoms with Crippen LogP contribution in [0.2, 0.25) is 0 Å². The first-order valence-electron chi connectivity index (χ1n) is 7.78. The third kappa shape index (κ3) is 4.59. The van der Waals surface area contributed by atoms with Gasteiger partial charge >= 0.3 is 0 Å². The predicted molar refractivity (Wildman–Crippen MR) is 83.9 cm³/mol. The van der Waals surface area contributed by atoms with Gasteiger partial charge in [-0.3, -0.25) is 0 Å². The van der Waals surface area contributed by atoms with Crippen LogP contribution in [-0.4, -0.2) is 13.2 Å². The zero-order valence-corrected chi connectivity index (χ0v) is 13.3. The molecule has 1 unspecified atom stereocenters. The molecule has 1 aliphatic rings. The highest BCUT2D eigenvalue weighted by Gasteiger charge is 2.25. The molecule has 0 spiro atoms. The summed E-state index contributed by atoms with van der Waals surface area (Å²) < 4.78 is 11.6. The van der Waals surface area contributed by atoms with E-state index in [2.05, 4.69) is 26.0 Å². The first kappa shape index (κ1) is 15.5. The number of benzene rings is 1. The minimum Gasteiger partial charge on any atom is -0.490 e. The predicted octanol–water partition coefficient (Wildman–Crippen LogP) is 5.34. The fourth-order valence-electron chi connectivity index (χ4n) is 2.16. The van der Waals surface area contributed by atoms with E-state index in [-0.39, 0.29) is 5.38 Å². The number of halogens is 1. The topological polar surface area (TPSA) is 18.5 Å². The molecule has 0 amide bonds. The van der Waals surface area contributed by atoms with Gasteiger partial charge in [-0.15, -0.1) is 11.6 Å². The number of ether oxygens (including phenoxy) is 2. The maximum atomic E-state index is 6.51. The highest BCUT2D eigenvalue weighted by molar-refractivity contribution is 6.20. The summed E-state index contributed by atoms with van der Waals surface area (Å²) in [6.07, 6.45) is 5.72. The number of hydrogen-bond acceptors (Lipinski definition) is 2. The van der Waals surface area contributed by atoms with E-state index >= 15 is 0 Å². The standard InChI is InChI=1S/C17H25ClO2/c1-3-9-19-16-8-7-14(12-17(16)20-10-4-2)15(18)11-13-5-6-13/h7-8,12-13,15H,3-6,9-11H2,1-2H3. The number of hydrogen-bond donors (Lipinski definition) is 0. The summed E-state index contributed by atoms with van der Waals surface area (Å²) in [5.41, 5.74) is 1.15.